The number of rotatable bonds is 7. The van der Waals surface area contributed by atoms with Gasteiger partial charge in [-0.3, -0.25) is 14.8 Å². The highest BCUT2D eigenvalue weighted by Crippen LogP contribution is 2.37. The van der Waals surface area contributed by atoms with Crippen molar-refractivity contribution in [3.8, 4) is 16.9 Å². The summed E-state index contributed by atoms with van der Waals surface area (Å²) >= 11 is 0. The Morgan fingerprint density at radius 1 is 1.20 bits per heavy atom. The number of methoxy groups -OCH3 is 1. The Kier molecular flexibility index (Phi) is 6.12. The van der Waals surface area contributed by atoms with Crippen LogP contribution >= 0.6 is 0 Å². The normalized spacial score (nSPS) is 11.2. The van der Waals surface area contributed by atoms with E-state index in [0.29, 0.717) is 28.9 Å². The van der Waals surface area contributed by atoms with Crippen molar-refractivity contribution in [2.24, 2.45) is 0 Å². The molecule has 0 fully saturated rings. The molecule has 8 nitrogen and oxygen atoms in total. The Labute approximate surface area is 175 Å². The molecule has 0 spiro atoms. The maximum atomic E-state index is 13.2. The summed E-state index contributed by atoms with van der Waals surface area (Å²) in [5, 5.41) is 6.59. The second kappa shape index (κ2) is 8.58. The van der Waals surface area contributed by atoms with E-state index in [1.165, 1.54) is 20.1 Å². The molecule has 0 saturated carbocycles. The van der Waals surface area contributed by atoms with Crippen LogP contribution in [0.3, 0.4) is 0 Å². The van der Waals surface area contributed by atoms with Crippen LogP contribution in [-0.2, 0) is 21.2 Å². The van der Waals surface area contributed by atoms with Gasteiger partial charge in [0.1, 0.15) is 10.6 Å². The van der Waals surface area contributed by atoms with Crippen LogP contribution in [0.2, 0.25) is 0 Å². The molecule has 3 aromatic rings. The number of benzene rings is 2. The van der Waals surface area contributed by atoms with E-state index in [0.717, 1.165) is 5.56 Å². The van der Waals surface area contributed by atoms with Crippen LogP contribution in [0, 0.1) is 6.92 Å². The minimum absolute atomic E-state index is 0.0391. The van der Waals surface area contributed by atoms with Crippen LogP contribution in [0.4, 0.5) is 11.6 Å². The van der Waals surface area contributed by atoms with E-state index < -0.39 is 10.0 Å². The van der Waals surface area contributed by atoms with Gasteiger partial charge in [0.2, 0.25) is 11.8 Å². The lowest BCUT2D eigenvalue weighted by Gasteiger charge is -2.14. The lowest BCUT2D eigenvalue weighted by atomic mass is 10.0. The van der Waals surface area contributed by atoms with Gasteiger partial charge >= 0.3 is 0 Å². The van der Waals surface area contributed by atoms with E-state index in [1.807, 2.05) is 26.0 Å². The Morgan fingerprint density at radius 2 is 1.93 bits per heavy atom. The van der Waals surface area contributed by atoms with E-state index in [4.69, 9.17) is 9.26 Å². The molecule has 0 saturated heterocycles. The highest BCUT2D eigenvalue weighted by Gasteiger charge is 2.24. The number of hydrogen-bond acceptors (Lipinski definition) is 6. The minimum atomic E-state index is -3.96. The lowest BCUT2D eigenvalue weighted by molar-refractivity contribution is -0.114. The number of carbonyl (C=O) groups excluding carboxylic acids is 1. The van der Waals surface area contributed by atoms with Gasteiger partial charge in [0, 0.05) is 6.92 Å². The number of nitrogens with zero attached hydrogens (tertiary/aromatic N) is 1. The average Bonchev–Trinajstić information content (AvgIpc) is 3.11. The molecule has 3 rings (SSSR count). The Balaban J connectivity index is 2.12. The standard InChI is InChI=1S/C21H23N3O5S/c1-5-16-20(21(29-23-16)22-14(3)25)15-10-11-18(28-4)19(12-15)30(26,27)24-17-9-7-6-8-13(17)2/h6-12,24H,5H2,1-4H3,(H,22,25). The predicted molar refractivity (Wildman–Crippen MR) is 114 cm³/mol. The number of aryl methyl sites for hydroxylation is 2. The summed E-state index contributed by atoms with van der Waals surface area (Å²) < 4.78 is 39.5. The van der Waals surface area contributed by atoms with E-state index in [9.17, 15) is 13.2 Å². The molecule has 0 atom stereocenters. The van der Waals surface area contributed by atoms with Crippen molar-refractivity contribution in [3.05, 3.63) is 53.7 Å². The third-order valence-electron chi connectivity index (χ3n) is 4.52. The van der Waals surface area contributed by atoms with Crippen molar-refractivity contribution in [2.45, 2.75) is 32.1 Å². The smallest absolute Gasteiger partial charge is 0.265 e. The van der Waals surface area contributed by atoms with Gasteiger partial charge in [-0.15, -0.1) is 0 Å². The Morgan fingerprint density at radius 3 is 2.57 bits per heavy atom. The van der Waals surface area contributed by atoms with Gasteiger partial charge in [-0.05, 0) is 42.7 Å². The number of sulfonamides is 1. The fraction of sp³-hybridized carbons (Fsp3) is 0.238. The second-order valence-corrected chi connectivity index (χ2v) is 8.31. The fourth-order valence-electron chi connectivity index (χ4n) is 3.04. The zero-order valence-corrected chi connectivity index (χ0v) is 18.0. The quantitative estimate of drug-likeness (QED) is 0.588. The minimum Gasteiger partial charge on any atom is -0.495 e. The maximum Gasteiger partial charge on any atom is 0.265 e. The summed E-state index contributed by atoms with van der Waals surface area (Å²) in [6.07, 6.45) is 0.536. The van der Waals surface area contributed by atoms with Gasteiger partial charge in [0.25, 0.3) is 10.0 Å². The molecule has 1 heterocycles. The molecule has 0 unspecified atom stereocenters. The van der Waals surface area contributed by atoms with E-state index in [2.05, 4.69) is 15.2 Å². The van der Waals surface area contributed by atoms with Gasteiger partial charge in [-0.25, -0.2) is 8.42 Å². The summed E-state index contributed by atoms with van der Waals surface area (Å²) in [4.78, 5) is 11.5. The monoisotopic (exact) mass is 429 g/mol. The summed E-state index contributed by atoms with van der Waals surface area (Å²) in [7, 11) is -2.56. The van der Waals surface area contributed by atoms with Crippen molar-refractivity contribution in [1.29, 1.82) is 0 Å². The first-order chi connectivity index (χ1) is 14.3. The van der Waals surface area contributed by atoms with Gasteiger partial charge in [0.15, 0.2) is 0 Å². The van der Waals surface area contributed by atoms with Crippen LogP contribution in [0.15, 0.2) is 51.9 Å². The maximum absolute atomic E-state index is 13.2. The molecule has 158 valence electrons. The second-order valence-electron chi connectivity index (χ2n) is 6.65. The molecule has 0 aliphatic heterocycles. The van der Waals surface area contributed by atoms with Crippen LogP contribution in [0.5, 0.6) is 5.75 Å². The molecule has 2 aromatic carbocycles. The lowest BCUT2D eigenvalue weighted by Crippen LogP contribution is -2.15. The molecule has 2 N–H and O–H groups in total. The molecular weight excluding hydrogens is 406 g/mol. The predicted octanol–water partition coefficient (Wildman–Crippen LogP) is 3.98. The fourth-order valence-corrected chi connectivity index (χ4v) is 4.36. The summed E-state index contributed by atoms with van der Waals surface area (Å²) in [6.45, 7) is 5.06. The van der Waals surface area contributed by atoms with Crippen LogP contribution < -0.4 is 14.8 Å². The highest BCUT2D eigenvalue weighted by molar-refractivity contribution is 7.92. The van der Waals surface area contributed by atoms with Crippen molar-refractivity contribution in [2.75, 3.05) is 17.1 Å². The number of para-hydroxylation sites is 1. The number of amides is 1. The van der Waals surface area contributed by atoms with Crippen LogP contribution in [-0.4, -0.2) is 26.6 Å². The Bertz CT molecular complexity index is 1190. The number of ether oxygens (including phenoxy) is 1. The average molecular weight is 429 g/mol. The van der Waals surface area contributed by atoms with Crippen molar-refractivity contribution in [3.63, 3.8) is 0 Å². The molecule has 0 aliphatic carbocycles. The molecule has 0 bridgehead atoms. The number of carbonyl (C=O) groups is 1. The van der Waals surface area contributed by atoms with E-state index >= 15 is 0 Å². The molecule has 0 aliphatic rings. The third kappa shape index (κ3) is 4.30. The molecule has 0 radical (unpaired) electrons. The first-order valence-corrected chi connectivity index (χ1v) is 10.8. The van der Waals surface area contributed by atoms with Gasteiger partial charge in [-0.2, -0.15) is 0 Å². The van der Waals surface area contributed by atoms with Crippen molar-refractivity contribution >= 4 is 27.5 Å². The largest absolute Gasteiger partial charge is 0.495 e. The molecular formula is C21H23N3O5S. The summed E-state index contributed by atoms with van der Waals surface area (Å²) in [5.74, 6) is 0.0350. The highest BCUT2D eigenvalue weighted by atomic mass is 32.2. The first-order valence-electron chi connectivity index (χ1n) is 9.29. The van der Waals surface area contributed by atoms with Crippen molar-refractivity contribution in [1.82, 2.24) is 5.16 Å². The number of anilines is 2. The SMILES string of the molecule is CCc1noc(NC(C)=O)c1-c1ccc(OC)c(S(=O)(=O)Nc2ccccc2C)c1. The van der Waals surface area contributed by atoms with Gasteiger partial charge < -0.3 is 9.26 Å². The number of hydrogen-bond donors (Lipinski definition) is 2. The molecule has 30 heavy (non-hydrogen) atoms. The van der Waals surface area contributed by atoms with Crippen molar-refractivity contribution < 1.29 is 22.5 Å². The van der Waals surface area contributed by atoms with E-state index in [1.54, 1.807) is 24.3 Å². The zero-order chi connectivity index (χ0) is 21.9. The topological polar surface area (TPSA) is 111 Å². The third-order valence-corrected chi connectivity index (χ3v) is 5.91. The van der Waals surface area contributed by atoms with Crippen LogP contribution in [0.1, 0.15) is 25.1 Å². The summed E-state index contributed by atoms with van der Waals surface area (Å²) in [5.41, 5.74) is 2.92. The van der Waals surface area contributed by atoms with Gasteiger partial charge in [-0.1, -0.05) is 36.3 Å². The summed E-state index contributed by atoms with van der Waals surface area (Å²) in [6, 6.07) is 11.8. The first kappa shape index (κ1) is 21.4. The van der Waals surface area contributed by atoms with E-state index in [-0.39, 0.29) is 22.4 Å². The number of nitrogens with one attached hydrogen (secondary N) is 2. The van der Waals surface area contributed by atoms with Gasteiger partial charge in [0.05, 0.1) is 24.1 Å². The zero-order valence-electron chi connectivity index (χ0n) is 17.1. The molecule has 1 amide bonds. The van der Waals surface area contributed by atoms with Crippen LogP contribution in [0.25, 0.3) is 11.1 Å². The molecule has 1 aromatic heterocycles. The number of aromatic nitrogens is 1. The Hall–Kier alpha value is -3.33. The molecule has 9 heteroatoms.